The average Bonchev–Trinajstić information content (AvgIpc) is 2.16. The molecule has 6 heteroatoms. The number of alkyl halides is 3. The topological polar surface area (TPSA) is 63.3 Å². The van der Waals surface area contributed by atoms with Crippen molar-refractivity contribution in [3.8, 4) is 0 Å². The number of halogens is 3. The van der Waals surface area contributed by atoms with Crippen molar-refractivity contribution in [3.05, 3.63) is 35.4 Å². The largest absolute Gasteiger partial charge is 0.480 e. The molecule has 0 aliphatic rings. The van der Waals surface area contributed by atoms with Crippen LogP contribution in [0.3, 0.4) is 0 Å². The number of hydrogen-bond donors (Lipinski definition) is 2. The number of carbonyl (C=O) groups is 1. The molecule has 0 radical (unpaired) electrons. The van der Waals surface area contributed by atoms with E-state index < -0.39 is 23.2 Å². The Bertz CT molecular complexity index is 396. The first-order chi connectivity index (χ1) is 7.15. The van der Waals surface area contributed by atoms with Crippen molar-refractivity contribution in [1.29, 1.82) is 0 Å². The second-order valence-electron chi connectivity index (χ2n) is 3.58. The van der Waals surface area contributed by atoms with Gasteiger partial charge in [0.05, 0.1) is 5.56 Å². The van der Waals surface area contributed by atoms with E-state index in [-0.39, 0.29) is 5.56 Å². The fourth-order valence-electron chi connectivity index (χ4n) is 1.13. The van der Waals surface area contributed by atoms with Crippen molar-refractivity contribution < 1.29 is 23.1 Å². The van der Waals surface area contributed by atoms with Crippen LogP contribution in [-0.2, 0) is 16.5 Å². The molecule has 1 atom stereocenters. The van der Waals surface area contributed by atoms with Crippen LogP contribution >= 0.6 is 0 Å². The molecule has 0 aromatic heterocycles. The lowest BCUT2D eigenvalue weighted by Gasteiger charge is -2.20. The molecule has 0 fully saturated rings. The maximum atomic E-state index is 12.2. The first-order valence-corrected chi connectivity index (χ1v) is 4.35. The van der Waals surface area contributed by atoms with E-state index in [1.807, 2.05) is 0 Å². The third-order valence-electron chi connectivity index (χ3n) is 2.26. The number of rotatable bonds is 2. The van der Waals surface area contributed by atoms with Gasteiger partial charge in [0, 0.05) is 0 Å². The molecule has 0 saturated heterocycles. The predicted octanol–water partition coefficient (Wildman–Crippen LogP) is 1.96. The van der Waals surface area contributed by atoms with E-state index in [2.05, 4.69) is 0 Å². The zero-order valence-electron chi connectivity index (χ0n) is 8.38. The maximum absolute atomic E-state index is 12.2. The predicted molar refractivity (Wildman–Crippen MR) is 50.6 cm³/mol. The highest BCUT2D eigenvalue weighted by Gasteiger charge is 2.33. The molecule has 0 aliphatic carbocycles. The summed E-state index contributed by atoms with van der Waals surface area (Å²) in [5.74, 6) is -1.30. The van der Waals surface area contributed by atoms with E-state index in [0.29, 0.717) is 0 Å². The molecule has 1 rings (SSSR count). The fourth-order valence-corrected chi connectivity index (χ4v) is 1.13. The van der Waals surface area contributed by atoms with E-state index in [0.717, 1.165) is 24.3 Å². The van der Waals surface area contributed by atoms with Gasteiger partial charge in [-0.1, -0.05) is 12.1 Å². The summed E-state index contributed by atoms with van der Waals surface area (Å²) in [6.45, 7) is 1.22. The van der Waals surface area contributed by atoms with E-state index in [1.165, 1.54) is 6.92 Å². The fraction of sp³-hybridized carbons (Fsp3) is 0.300. The highest BCUT2D eigenvalue weighted by Crippen LogP contribution is 2.30. The van der Waals surface area contributed by atoms with Gasteiger partial charge in [0.1, 0.15) is 5.54 Å². The molecule has 0 heterocycles. The van der Waals surface area contributed by atoms with Crippen molar-refractivity contribution in [2.45, 2.75) is 18.6 Å². The molecule has 0 spiro atoms. The van der Waals surface area contributed by atoms with Crippen LogP contribution in [0.15, 0.2) is 24.3 Å². The van der Waals surface area contributed by atoms with Crippen molar-refractivity contribution >= 4 is 5.97 Å². The third-order valence-corrected chi connectivity index (χ3v) is 2.26. The van der Waals surface area contributed by atoms with E-state index >= 15 is 0 Å². The second kappa shape index (κ2) is 3.79. The van der Waals surface area contributed by atoms with Gasteiger partial charge in [0.25, 0.3) is 0 Å². The number of carboxylic acid groups (broad SMARTS) is 1. The third kappa shape index (κ3) is 2.33. The molecule has 3 nitrogen and oxygen atoms in total. The monoisotopic (exact) mass is 233 g/mol. The van der Waals surface area contributed by atoms with Crippen LogP contribution in [0, 0.1) is 0 Å². The van der Waals surface area contributed by atoms with E-state index in [4.69, 9.17) is 10.8 Å². The van der Waals surface area contributed by atoms with Gasteiger partial charge in [-0.25, -0.2) is 4.79 Å². The second-order valence-corrected chi connectivity index (χ2v) is 3.58. The summed E-state index contributed by atoms with van der Waals surface area (Å²) in [4.78, 5) is 10.8. The molecular weight excluding hydrogens is 223 g/mol. The van der Waals surface area contributed by atoms with Crippen molar-refractivity contribution in [3.63, 3.8) is 0 Å². The van der Waals surface area contributed by atoms with Gasteiger partial charge in [-0.05, 0) is 24.6 Å². The summed E-state index contributed by atoms with van der Waals surface area (Å²) >= 11 is 0. The standard InChI is InChI=1S/C10H10F3NO2/c1-9(14,8(15)16)6-2-4-7(5-3-6)10(11,12)13/h2-5H,14H2,1H3,(H,15,16). The number of benzene rings is 1. The van der Waals surface area contributed by atoms with Crippen LogP contribution in [0.4, 0.5) is 13.2 Å². The van der Waals surface area contributed by atoms with Crippen molar-refractivity contribution in [1.82, 2.24) is 0 Å². The summed E-state index contributed by atoms with van der Waals surface area (Å²) in [6.07, 6.45) is -4.44. The Balaban J connectivity index is 3.09. The Hall–Kier alpha value is -1.56. The van der Waals surface area contributed by atoms with Crippen LogP contribution in [0.2, 0.25) is 0 Å². The average molecular weight is 233 g/mol. The summed E-state index contributed by atoms with van der Waals surface area (Å²) in [5, 5.41) is 8.78. The van der Waals surface area contributed by atoms with Gasteiger partial charge in [-0.3, -0.25) is 0 Å². The molecular formula is C10H10F3NO2. The van der Waals surface area contributed by atoms with Crippen LogP contribution < -0.4 is 5.73 Å². The Morgan fingerprint density at radius 3 is 1.88 bits per heavy atom. The smallest absolute Gasteiger partial charge is 0.416 e. The minimum atomic E-state index is -4.44. The number of nitrogens with two attached hydrogens (primary N) is 1. The lowest BCUT2D eigenvalue weighted by molar-refractivity contribution is -0.143. The molecule has 3 N–H and O–H groups in total. The van der Waals surface area contributed by atoms with Gasteiger partial charge >= 0.3 is 12.1 Å². The highest BCUT2D eigenvalue weighted by molar-refractivity contribution is 5.79. The Morgan fingerprint density at radius 1 is 1.19 bits per heavy atom. The van der Waals surface area contributed by atoms with Crippen LogP contribution in [-0.4, -0.2) is 11.1 Å². The minimum absolute atomic E-state index is 0.119. The number of aliphatic carboxylic acids is 1. The Labute approximate surface area is 89.7 Å². The first-order valence-electron chi connectivity index (χ1n) is 4.35. The van der Waals surface area contributed by atoms with Crippen molar-refractivity contribution in [2.75, 3.05) is 0 Å². The molecule has 1 aromatic carbocycles. The van der Waals surface area contributed by atoms with Gasteiger partial charge in [0.15, 0.2) is 0 Å². The zero-order valence-corrected chi connectivity index (χ0v) is 8.38. The Kier molecular flexibility index (Phi) is 2.96. The Morgan fingerprint density at radius 2 is 1.56 bits per heavy atom. The summed E-state index contributed by atoms with van der Waals surface area (Å²) in [7, 11) is 0. The molecule has 1 unspecified atom stereocenters. The summed E-state index contributed by atoms with van der Waals surface area (Å²) in [6, 6.07) is 3.75. The normalized spacial score (nSPS) is 15.6. The van der Waals surface area contributed by atoms with Gasteiger partial charge in [-0.15, -0.1) is 0 Å². The summed E-state index contributed by atoms with van der Waals surface area (Å²) in [5.41, 5.74) is 3.05. The maximum Gasteiger partial charge on any atom is 0.416 e. The van der Waals surface area contributed by atoms with Gasteiger partial charge in [0.2, 0.25) is 0 Å². The minimum Gasteiger partial charge on any atom is -0.480 e. The number of carboxylic acids is 1. The molecule has 0 aliphatic heterocycles. The lowest BCUT2D eigenvalue weighted by atomic mass is 9.92. The number of hydrogen-bond acceptors (Lipinski definition) is 2. The molecule has 88 valence electrons. The highest BCUT2D eigenvalue weighted by atomic mass is 19.4. The molecule has 0 bridgehead atoms. The quantitative estimate of drug-likeness (QED) is 0.820. The van der Waals surface area contributed by atoms with E-state index in [9.17, 15) is 18.0 Å². The van der Waals surface area contributed by atoms with Crippen LogP contribution in [0.5, 0.6) is 0 Å². The summed E-state index contributed by atoms with van der Waals surface area (Å²) < 4.78 is 36.7. The van der Waals surface area contributed by atoms with Gasteiger partial charge in [-0.2, -0.15) is 13.2 Å². The first kappa shape index (κ1) is 12.5. The molecule has 0 saturated carbocycles. The molecule has 0 amide bonds. The van der Waals surface area contributed by atoms with Crippen LogP contribution in [0.25, 0.3) is 0 Å². The molecule has 1 aromatic rings. The molecule has 16 heavy (non-hydrogen) atoms. The lowest BCUT2D eigenvalue weighted by Crippen LogP contribution is -2.41. The van der Waals surface area contributed by atoms with Crippen LogP contribution in [0.1, 0.15) is 18.1 Å². The van der Waals surface area contributed by atoms with Crippen molar-refractivity contribution in [2.24, 2.45) is 5.73 Å². The van der Waals surface area contributed by atoms with Gasteiger partial charge < -0.3 is 10.8 Å². The SMILES string of the molecule is CC(N)(C(=O)O)c1ccc(C(F)(F)F)cc1. The zero-order chi connectivity index (χ0) is 12.6. The van der Waals surface area contributed by atoms with E-state index in [1.54, 1.807) is 0 Å².